The molecule has 0 unspecified atom stereocenters. The summed E-state index contributed by atoms with van der Waals surface area (Å²) in [5.41, 5.74) is 0.428. The summed E-state index contributed by atoms with van der Waals surface area (Å²) in [5, 5.41) is 0.498. The van der Waals surface area contributed by atoms with Gasteiger partial charge in [-0.25, -0.2) is 0 Å². The third-order valence-corrected chi connectivity index (χ3v) is 1.88. The highest BCUT2D eigenvalue weighted by Crippen LogP contribution is 2.23. The molecule has 1 aromatic carbocycles. The maximum Gasteiger partial charge on any atom is 0.158 e. The zero-order valence-corrected chi connectivity index (χ0v) is 7.97. The first-order chi connectivity index (χ1) is 6.19. The van der Waals surface area contributed by atoms with Gasteiger partial charge in [0.1, 0.15) is 5.75 Å². The Morgan fingerprint density at radius 1 is 1.62 bits per heavy atom. The van der Waals surface area contributed by atoms with E-state index in [1.54, 1.807) is 18.2 Å². The highest BCUT2D eigenvalue weighted by atomic mass is 35.5. The molecule has 1 rings (SSSR count). The van der Waals surface area contributed by atoms with E-state index < -0.39 is 0 Å². The second kappa shape index (κ2) is 4.33. The molecule has 0 heterocycles. The van der Waals surface area contributed by atoms with E-state index in [9.17, 15) is 4.79 Å². The van der Waals surface area contributed by atoms with E-state index >= 15 is 0 Å². The average molecular weight is 194 g/mol. The topological polar surface area (TPSA) is 26.3 Å². The molecular formula is C9H8BClO2. The molecule has 13 heavy (non-hydrogen) atoms. The van der Waals surface area contributed by atoms with Gasteiger partial charge in [-0.3, -0.25) is 4.79 Å². The molecule has 0 fully saturated rings. The fourth-order valence-corrected chi connectivity index (χ4v) is 1.18. The molecule has 1 aromatic rings. The molecule has 2 nitrogen and oxygen atoms in total. The van der Waals surface area contributed by atoms with Crippen molar-refractivity contribution < 1.29 is 9.53 Å². The lowest BCUT2D eigenvalue weighted by Crippen LogP contribution is -2.00. The van der Waals surface area contributed by atoms with Crippen LogP contribution in [0, 0.1) is 0 Å². The Labute approximate surface area is 83.3 Å². The Bertz CT molecular complexity index is 325. The summed E-state index contributed by atoms with van der Waals surface area (Å²) in [4.78, 5) is 11.3. The third-order valence-electron chi connectivity index (χ3n) is 1.65. The number of ketones is 1. The van der Waals surface area contributed by atoms with Crippen LogP contribution in [0.4, 0.5) is 0 Å². The monoisotopic (exact) mass is 194 g/mol. The highest BCUT2D eigenvalue weighted by Gasteiger charge is 2.09. The number of benzene rings is 1. The van der Waals surface area contributed by atoms with Crippen LogP contribution in [0.2, 0.25) is 11.3 Å². The van der Waals surface area contributed by atoms with E-state index in [0.29, 0.717) is 16.3 Å². The van der Waals surface area contributed by atoms with Crippen LogP contribution < -0.4 is 4.74 Å². The lowest BCUT2D eigenvalue weighted by atomic mass is 9.95. The SMILES string of the molecule is [B]CC(=O)c1cc(Cl)ccc1OC. The average Bonchev–Trinajstić information content (AvgIpc) is 2.16. The van der Waals surface area contributed by atoms with Crippen molar-refractivity contribution in [2.45, 2.75) is 6.32 Å². The molecule has 0 saturated carbocycles. The van der Waals surface area contributed by atoms with Crippen LogP contribution in [0.1, 0.15) is 10.4 Å². The minimum atomic E-state index is -0.181. The molecule has 2 radical (unpaired) electrons. The minimum absolute atomic E-state index is 0.0449. The van der Waals surface area contributed by atoms with Crippen molar-refractivity contribution in [3.8, 4) is 5.75 Å². The fraction of sp³-hybridized carbons (Fsp3) is 0.222. The van der Waals surface area contributed by atoms with Crippen LogP contribution in [0.3, 0.4) is 0 Å². The number of methoxy groups -OCH3 is 1. The molecule has 0 aliphatic heterocycles. The van der Waals surface area contributed by atoms with Crippen molar-refractivity contribution in [1.29, 1.82) is 0 Å². The van der Waals surface area contributed by atoms with E-state index in [4.69, 9.17) is 24.2 Å². The molecular weight excluding hydrogens is 186 g/mol. The number of rotatable bonds is 3. The lowest BCUT2D eigenvalue weighted by Gasteiger charge is -2.06. The normalized spacial score (nSPS) is 9.69. The van der Waals surface area contributed by atoms with Gasteiger partial charge in [0.15, 0.2) is 5.78 Å². The maximum atomic E-state index is 11.3. The van der Waals surface area contributed by atoms with Crippen LogP contribution in [0.25, 0.3) is 0 Å². The molecule has 0 spiro atoms. The molecule has 0 atom stereocenters. The Balaban J connectivity index is 3.15. The number of halogens is 1. The second-order valence-corrected chi connectivity index (χ2v) is 2.91. The first kappa shape index (κ1) is 10.1. The molecule has 0 bridgehead atoms. The van der Waals surface area contributed by atoms with Crippen LogP contribution in [0.15, 0.2) is 18.2 Å². The maximum absolute atomic E-state index is 11.3. The Kier molecular flexibility index (Phi) is 3.37. The number of ether oxygens (including phenoxy) is 1. The van der Waals surface area contributed by atoms with Gasteiger partial charge in [0.05, 0.1) is 20.5 Å². The number of hydrogen-bond donors (Lipinski definition) is 0. The van der Waals surface area contributed by atoms with Gasteiger partial charge in [-0.05, 0) is 24.5 Å². The zero-order chi connectivity index (χ0) is 9.84. The summed E-state index contributed by atoms with van der Waals surface area (Å²) in [6.07, 6.45) is -0.0449. The Hall–Kier alpha value is -0.955. The molecule has 0 aliphatic rings. The van der Waals surface area contributed by atoms with Crippen molar-refractivity contribution >= 4 is 25.2 Å². The van der Waals surface area contributed by atoms with Crippen LogP contribution in [-0.4, -0.2) is 20.7 Å². The second-order valence-electron chi connectivity index (χ2n) is 2.47. The van der Waals surface area contributed by atoms with Gasteiger partial charge in [0, 0.05) is 5.02 Å². The van der Waals surface area contributed by atoms with Gasteiger partial charge in [0.2, 0.25) is 0 Å². The van der Waals surface area contributed by atoms with Gasteiger partial charge >= 0.3 is 0 Å². The van der Waals surface area contributed by atoms with Crippen LogP contribution >= 0.6 is 11.6 Å². The first-order valence-corrected chi connectivity index (χ1v) is 4.13. The first-order valence-electron chi connectivity index (χ1n) is 3.76. The van der Waals surface area contributed by atoms with Crippen molar-refractivity contribution in [3.63, 3.8) is 0 Å². The minimum Gasteiger partial charge on any atom is -0.496 e. The highest BCUT2D eigenvalue weighted by molar-refractivity contribution is 6.31. The standard InChI is InChI=1S/C9H8BClO2/c1-13-9-3-2-6(11)4-7(9)8(12)5-10/h2-4H,5H2,1H3. The van der Waals surface area contributed by atoms with E-state index in [2.05, 4.69) is 0 Å². The quantitative estimate of drug-likeness (QED) is 0.544. The lowest BCUT2D eigenvalue weighted by molar-refractivity contribution is 0.101. The van der Waals surface area contributed by atoms with Crippen molar-refractivity contribution in [3.05, 3.63) is 28.8 Å². The van der Waals surface area contributed by atoms with Crippen LogP contribution in [-0.2, 0) is 0 Å². The number of carbonyl (C=O) groups excluding carboxylic acids is 1. The third kappa shape index (κ3) is 2.25. The molecule has 66 valence electrons. The zero-order valence-electron chi connectivity index (χ0n) is 7.21. The van der Waals surface area contributed by atoms with Gasteiger partial charge < -0.3 is 4.74 Å². The summed E-state index contributed by atoms with van der Waals surface area (Å²) >= 11 is 5.73. The Morgan fingerprint density at radius 3 is 2.85 bits per heavy atom. The molecule has 0 N–H and O–H groups in total. The molecule has 4 heteroatoms. The smallest absolute Gasteiger partial charge is 0.158 e. The fourth-order valence-electron chi connectivity index (χ4n) is 1.01. The number of Topliss-reactive ketones (excluding diaryl/α,β-unsaturated/α-hetero) is 1. The molecule has 0 amide bonds. The van der Waals surface area contributed by atoms with Crippen LogP contribution in [0.5, 0.6) is 5.75 Å². The van der Waals surface area contributed by atoms with Gasteiger partial charge in [-0.2, -0.15) is 0 Å². The Morgan fingerprint density at radius 2 is 2.31 bits per heavy atom. The molecule has 0 saturated heterocycles. The predicted octanol–water partition coefficient (Wildman–Crippen LogP) is 2.12. The van der Waals surface area contributed by atoms with Gasteiger partial charge in [-0.1, -0.05) is 11.6 Å². The molecule has 0 aromatic heterocycles. The molecule has 0 aliphatic carbocycles. The number of hydrogen-bond acceptors (Lipinski definition) is 2. The summed E-state index contributed by atoms with van der Waals surface area (Å²) in [6, 6.07) is 4.86. The van der Waals surface area contributed by atoms with E-state index in [-0.39, 0.29) is 12.1 Å². The summed E-state index contributed by atoms with van der Waals surface area (Å²) in [7, 11) is 6.73. The van der Waals surface area contributed by atoms with E-state index in [0.717, 1.165) is 0 Å². The number of carbonyl (C=O) groups is 1. The van der Waals surface area contributed by atoms with Crippen molar-refractivity contribution in [1.82, 2.24) is 0 Å². The summed E-state index contributed by atoms with van der Waals surface area (Å²) < 4.78 is 4.99. The van der Waals surface area contributed by atoms with E-state index in [1.807, 2.05) is 0 Å². The largest absolute Gasteiger partial charge is 0.496 e. The predicted molar refractivity (Wildman–Crippen MR) is 52.9 cm³/mol. The van der Waals surface area contributed by atoms with Crippen molar-refractivity contribution in [2.75, 3.05) is 7.11 Å². The van der Waals surface area contributed by atoms with Gasteiger partial charge in [-0.15, -0.1) is 0 Å². The summed E-state index contributed by atoms with van der Waals surface area (Å²) in [6.45, 7) is 0. The van der Waals surface area contributed by atoms with E-state index in [1.165, 1.54) is 7.11 Å². The van der Waals surface area contributed by atoms with Gasteiger partial charge in [0.25, 0.3) is 0 Å². The van der Waals surface area contributed by atoms with Crippen molar-refractivity contribution in [2.24, 2.45) is 0 Å². The summed E-state index contributed by atoms with van der Waals surface area (Å²) in [5.74, 6) is 0.319.